The third-order valence-electron chi connectivity index (χ3n) is 4.02. The number of rotatable bonds is 3. The van der Waals surface area contributed by atoms with Crippen LogP contribution in [0.1, 0.15) is 26.2 Å². The number of piperidine rings is 1. The zero-order valence-corrected chi connectivity index (χ0v) is 10.0. The van der Waals surface area contributed by atoms with Crippen molar-refractivity contribution in [2.24, 2.45) is 5.92 Å². The van der Waals surface area contributed by atoms with E-state index in [2.05, 4.69) is 24.2 Å². The van der Waals surface area contributed by atoms with Gasteiger partial charge in [-0.15, -0.1) is 0 Å². The zero-order valence-electron chi connectivity index (χ0n) is 10.0. The van der Waals surface area contributed by atoms with Crippen molar-refractivity contribution in [2.75, 3.05) is 33.3 Å². The Balaban J connectivity index is 1.72. The van der Waals surface area contributed by atoms with E-state index in [9.17, 15) is 0 Å². The van der Waals surface area contributed by atoms with Gasteiger partial charge in [0.2, 0.25) is 0 Å². The Labute approximate surface area is 93.2 Å². The molecule has 0 radical (unpaired) electrons. The van der Waals surface area contributed by atoms with Crippen LogP contribution in [0.25, 0.3) is 0 Å². The van der Waals surface area contributed by atoms with Crippen LogP contribution in [-0.2, 0) is 4.74 Å². The topological polar surface area (TPSA) is 24.5 Å². The minimum atomic E-state index is 0.479. The van der Waals surface area contributed by atoms with Crippen LogP contribution in [0, 0.1) is 5.92 Å². The average molecular weight is 212 g/mol. The molecule has 0 amide bonds. The lowest BCUT2D eigenvalue weighted by atomic mass is 9.99. The SMILES string of the molecule is CNC1CCN(CC2CCOC2C)CC1. The summed E-state index contributed by atoms with van der Waals surface area (Å²) in [5.74, 6) is 0.774. The van der Waals surface area contributed by atoms with E-state index < -0.39 is 0 Å². The van der Waals surface area contributed by atoms with E-state index in [1.54, 1.807) is 0 Å². The first-order valence-electron chi connectivity index (χ1n) is 6.31. The van der Waals surface area contributed by atoms with Crippen LogP contribution in [0.3, 0.4) is 0 Å². The van der Waals surface area contributed by atoms with E-state index in [4.69, 9.17) is 4.74 Å². The van der Waals surface area contributed by atoms with Gasteiger partial charge in [-0.25, -0.2) is 0 Å². The first-order chi connectivity index (χ1) is 7.29. The van der Waals surface area contributed by atoms with Gasteiger partial charge in [0, 0.05) is 19.2 Å². The van der Waals surface area contributed by atoms with Gasteiger partial charge >= 0.3 is 0 Å². The second-order valence-corrected chi connectivity index (χ2v) is 4.99. The van der Waals surface area contributed by atoms with Gasteiger partial charge in [0.1, 0.15) is 0 Å². The van der Waals surface area contributed by atoms with Crippen LogP contribution >= 0.6 is 0 Å². The summed E-state index contributed by atoms with van der Waals surface area (Å²) in [6.45, 7) is 6.96. The lowest BCUT2D eigenvalue weighted by molar-refractivity contribution is 0.0866. The highest BCUT2D eigenvalue weighted by Crippen LogP contribution is 2.22. The molecule has 3 heteroatoms. The summed E-state index contributed by atoms with van der Waals surface area (Å²) in [4.78, 5) is 2.61. The molecule has 3 nitrogen and oxygen atoms in total. The molecule has 2 heterocycles. The molecule has 2 atom stereocenters. The Kier molecular flexibility index (Phi) is 4.00. The third kappa shape index (κ3) is 2.92. The summed E-state index contributed by atoms with van der Waals surface area (Å²) in [7, 11) is 2.08. The molecule has 2 aliphatic heterocycles. The normalized spacial score (nSPS) is 34.8. The largest absolute Gasteiger partial charge is 0.378 e. The van der Waals surface area contributed by atoms with Crippen molar-refractivity contribution < 1.29 is 4.74 Å². The van der Waals surface area contributed by atoms with Crippen LogP contribution in [0.15, 0.2) is 0 Å². The average Bonchev–Trinajstić information content (AvgIpc) is 2.66. The molecule has 2 fully saturated rings. The standard InChI is InChI=1S/C12H24N2O/c1-10-11(5-8-15-10)9-14-6-3-12(13-2)4-7-14/h10-13H,3-9H2,1-2H3. The Morgan fingerprint density at radius 3 is 2.53 bits per heavy atom. The quantitative estimate of drug-likeness (QED) is 0.758. The summed E-state index contributed by atoms with van der Waals surface area (Å²) in [5.41, 5.74) is 0. The molecule has 0 aromatic rings. The van der Waals surface area contributed by atoms with Crippen molar-refractivity contribution in [1.29, 1.82) is 0 Å². The van der Waals surface area contributed by atoms with Crippen molar-refractivity contribution in [3.05, 3.63) is 0 Å². The van der Waals surface area contributed by atoms with Crippen molar-refractivity contribution in [1.82, 2.24) is 10.2 Å². The van der Waals surface area contributed by atoms with E-state index in [0.29, 0.717) is 6.10 Å². The van der Waals surface area contributed by atoms with Crippen LogP contribution < -0.4 is 5.32 Å². The van der Waals surface area contributed by atoms with Crippen LogP contribution in [0.2, 0.25) is 0 Å². The second-order valence-electron chi connectivity index (χ2n) is 4.99. The minimum absolute atomic E-state index is 0.479. The van der Waals surface area contributed by atoms with E-state index >= 15 is 0 Å². The fourth-order valence-corrected chi connectivity index (χ4v) is 2.75. The number of ether oxygens (including phenoxy) is 1. The fraction of sp³-hybridized carbons (Fsp3) is 1.00. The maximum atomic E-state index is 5.61. The van der Waals surface area contributed by atoms with Crippen LogP contribution in [0.5, 0.6) is 0 Å². The molecule has 2 unspecified atom stereocenters. The van der Waals surface area contributed by atoms with Gasteiger partial charge in [-0.2, -0.15) is 0 Å². The monoisotopic (exact) mass is 212 g/mol. The van der Waals surface area contributed by atoms with Gasteiger partial charge in [0.15, 0.2) is 0 Å². The van der Waals surface area contributed by atoms with Crippen molar-refractivity contribution in [3.8, 4) is 0 Å². The molecular formula is C12H24N2O. The lowest BCUT2D eigenvalue weighted by Crippen LogP contribution is -2.43. The molecule has 15 heavy (non-hydrogen) atoms. The molecule has 0 aromatic carbocycles. The summed E-state index contributed by atoms with van der Waals surface area (Å²) in [5, 5.41) is 3.38. The zero-order chi connectivity index (χ0) is 10.7. The summed E-state index contributed by atoms with van der Waals surface area (Å²) in [6.07, 6.45) is 4.34. The van der Waals surface area contributed by atoms with Crippen molar-refractivity contribution in [3.63, 3.8) is 0 Å². The third-order valence-corrected chi connectivity index (χ3v) is 4.02. The number of hydrogen-bond acceptors (Lipinski definition) is 3. The number of nitrogens with zero attached hydrogens (tertiary/aromatic N) is 1. The molecule has 2 saturated heterocycles. The molecule has 2 rings (SSSR count). The molecule has 0 spiro atoms. The lowest BCUT2D eigenvalue weighted by Gasteiger charge is -2.33. The highest BCUT2D eigenvalue weighted by molar-refractivity contribution is 4.81. The minimum Gasteiger partial charge on any atom is -0.378 e. The Morgan fingerprint density at radius 2 is 2.00 bits per heavy atom. The first kappa shape index (κ1) is 11.4. The number of nitrogens with one attached hydrogen (secondary N) is 1. The predicted octanol–water partition coefficient (Wildman–Crippen LogP) is 1.10. The Morgan fingerprint density at radius 1 is 1.27 bits per heavy atom. The summed E-state index contributed by atoms with van der Waals surface area (Å²) in [6, 6.07) is 0.749. The predicted molar refractivity (Wildman–Crippen MR) is 62.0 cm³/mol. The Bertz CT molecular complexity index is 190. The van der Waals surface area contributed by atoms with Gasteiger partial charge in [-0.05, 0) is 52.2 Å². The van der Waals surface area contributed by atoms with E-state index in [1.165, 1.54) is 38.9 Å². The molecular weight excluding hydrogens is 188 g/mol. The highest BCUT2D eigenvalue weighted by Gasteiger charge is 2.27. The van der Waals surface area contributed by atoms with Gasteiger partial charge < -0.3 is 15.0 Å². The molecule has 0 aromatic heterocycles. The molecule has 0 bridgehead atoms. The van der Waals surface area contributed by atoms with Gasteiger partial charge in [0.05, 0.1) is 6.10 Å². The van der Waals surface area contributed by atoms with E-state index in [0.717, 1.165) is 18.6 Å². The van der Waals surface area contributed by atoms with Gasteiger partial charge in [0.25, 0.3) is 0 Å². The fourth-order valence-electron chi connectivity index (χ4n) is 2.75. The molecule has 0 aliphatic carbocycles. The molecule has 1 N–H and O–H groups in total. The van der Waals surface area contributed by atoms with Crippen molar-refractivity contribution in [2.45, 2.75) is 38.3 Å². The maximum absolute atomic E-state index is 5.61. The molecule has 2 aliphatic rings. The maximum Gasteiger partial charge on any atom is 0.0588 e. The smallest absolute Gasteiger partial charge is 0.0588 e. The van der Waals surface area contributed by atoms with E-state index in [1.807, 2.05) is 0 Å². The molecule has 88 valence electrons. The van der Waals surface area contributed by atoms with Crippen LogP contribution in [0.4, 0.5) is 0 Å². The van der Waals surface area contributed by atoms with Crippen molar-refractivity contribution >= 4 is 0 Å². The summed E-state index contributed by atoms with van der Waals surface area (Å²) < 4.78 is 5.61. The van der Waals surface area contributed by atoms with Gasteiger partial charge in [-0.3, -0.25) is 0 Å². The first-order valence-corrected chi connectivity index (χ1v) is 6.31. The van der Waals surface area contributed by atoms with Gasteiger partial charge in [-0.1, -0.05) is 0 Å². The van der Waals surface area contributed by atoms with Crippen LogP contribution in [-0.4, -0.2) is 50.3 Å². The summed E-state index contributed by atoms with van der Waals surface area (Å²) >= 11 is 0. The second kappa shape index (κ2) is 5.28. The number of likely N-dealkylation sites (tertiary alicyclic amines) is 1. The highest BCUT2D eigenvalue weighted by atomic mass is 16.5. The molecule has 0 saturated carbocycles. The van der Waals surface area contributed by atoms with E-state index in [-0.39, 0.29) is 0 Å². The number of hydrogen-bond donors (Lipinski definition) is 1. The Hall–Kier alpha value is -0.120.